The predicted octanol–water partition coefficient (Wildman–Crippen LogP) is 34.1. The van der Waals surface area contributed by atoms with E-state index in [9.17, 15) is 0 Å². The molecule has 0 atom stereocenters. The van der Waals surface area contributed by atoms with Gasteiger partial charge in [0.05, 0.1) is 44.8 Å². The van der Waals surface area contributed by atoms with Crippen LogP contribution in [0.2, 0.25) is 0 Å². The van der Waals surface area contributed by atoms with Crippen LogP contribution >= 0.6 is 0 Å². The smallest absolute Gasteiger partial charge is 0.161 e. The number of para-hydroxylation sites is 5. The molecule has 630 valence electrons. The van der Waals surface area contributed by atoms with Gasteiger partial charge in [-0.3, -0.25) is 0 Å². The van der Waals surface area contributed by atoms with Gasteiger partial charge in [0.15, 0.2) is 11.6 Å². The van der Waals surface area contributed by atoms with Crippen LogP contribution < -0.4 is 0 Å². The molecule has 0 aliphatic heterocycles. The maximum absolute atomic E-state index is 6.15. The summed E-state index contributed by atoms with van der Waals surface area (Å²) in [7, 11) is 0. The largest absolute Gasteiger partial charge is 0.456 e. The monoisotopic (exact) mass is 1720 g/mol. The average molecular weight is 1720 g/mol. The lowest BCUT2D eigenvalue weighted by Crippen LogP contribution is -1.96. The molecule has 0 saturated heterocycles. The first-order valence-corrected chi connectivity index (χ1v) is 45.5. The maximum atomic E-state index is 6.15. The Kier molecular flexibility index (Phi) is 19.7. The molecule has 27 aromatic rings. The summed E-state index contributed by atoms with van der Waals surface area (Å²) >= 11 is 0. The Morgan fingerprint density at radius 2 is 0.467 bits per heavy atom. The number of furan rings is 3. The van der Waals surface area contributed by atoms with E-state index in [1.807, 2.05) is 103 Å². The van der Waals surface area contributed by atoms with Crippen molar-refractivity contribution in [2.45, 2.75) is 0 Å². The van der Waals surface area contributed by atoms with Gasteiger partial charge >= 0.3 is 0 Å². The van der Waals surface area contributed by atoms with Crippen molar-refractivity contribution in [3.05, 3.63) is 473 Å². The van der Waals surface area contributed by atoms with Gasteiger partial charge in [-0.05, 0) is 184 Å². The lowest BCUT2D eigenvalue weighted by atomic mass is 9.96. The van der Waals surface area contributed by atoms with Gasteiger partial charge in [-0.25, -0.2) is 29.9 Å². The molecule has 6 heterocycles. The Labute approximate surface area is 776 Å². The van der Waals surface area contributed by atoms with Crippen molar-refractivity contribution in [3.8, 4) is 135 Å². The fourth-order valence-electron chi connectivity index (χ4n) is 19.4. The van der Waals surface area contributed by atoms with Crippen LogP contribution in [0.1, 0.15) is 0 Å². The van der Waals surface area contributed by atoms with E-state index in [2.05, 4.69) is 370 Å². The topological polar surface area (TPSA) is 117 Å². The Morgan fingerprint density at radius 1 is 0.133 bits per heavy atom. The van der Waals surface area contributed by atoms with Crippen molar-refractivity contribution in [1.82, 2.24) is 29.9 Å². The molecule has 0 saturated carbocycles. The fraction of sp³-hybridized carbons (Fsp3) is 0. The number of rotatable bonds is 12. The minimum atomic E-state index is 0.721. The highest BCUT2D eigenvalue weighted by Gasteiger charge is 2.23. The summed E-state index contributed by atoms with van der Waals surface area (Å²) in [6.07, 6.45) is 0. The first-order chi connectivity index (χ1) is 66.9. The lowest BCUT2D eigenvalue weighted by molar-refractivity contribution is 0.668. The van der Waals surface area contributed by atoms with Gasteiger partial charge in [-0.1, -0.05) is 388 Å². The lowest BCUT2D eigenvalue weighted by Gasteiger charge is -2.13. The zero-order valence-electron chi connectivity index (χ0n) is 72.9. The number of hydrogen-bond acceptors (Lipinski definition) is 9. The van der Waals surface area contributed by atoms with Crippen molar-refractivity contribution in [1.29, 1.82) is 0 Å². The average Bonchev–Trinajstić information content (AvgIpc) is 1.59. The molecule has 0 spiro atoms. The molecule has 0 fully saturated rings. The number of fused-ring (bicyclic) bond motifs is 15. The zero-order valence-corrected chi connectivity index (χ0v) is 72.9. The van der Waals surface area contributed by atoms with Gasteiger partial charge in [0.2, 0.25) is 0 Å². The second kappa shape index (κ2) is 33.7. The molecule has 0 N–H and O–H groups in total. The molecule has 6 aromatic heterocycles. The van der Waals surface area contributed by atoms with E-state index >= 15 is 0 Å². The van der Waals surface area contributed by atoms with Crippen molar-refractivity contribution >= 4 is 131 Å². The first-order valence-electron chi connectivity index (χ1n) is 45.5. The van der Waals surface area contributed by atoms with Crippen LogP contribution in [0.3, 0.4) is 0 Å². The van der Waals surface area contributed by atoms with Crippen LogP contribution in [0.4, 0.5) is 0 Å². The van der Waals surface area contributed by atoms with E-state index in [0.29, 0.717) is 0 Å². The summed E-state index contributed by atoms with van der Waals surface area (Å²) in [6.45, 7) is 0. The van der Waals surface area contributed by atoms with Crippen LogP contribution in [0.25, 0.3) is 266 Å². The number of nitrogens with zero attached hydrogens (tertiary/aromatic N) is 6. The summed E-state index contributed by atoms with van der Waals surface area (Å²) in [6, 6.07) is 165. The third kappa shape index (κ3) is 14.8. The summed E-state index contributed by atoms with van der Waals surface area (Å²) in [5.41, 5.74) is 32.7. The Bertz CT molecular complexity index is 9290. The van der Waals surface area contributed by atoms with E-state index in [1.165, 1.54) is 49.2 Å². The summed E-state index contributed by atoms with van der Waals surface area (Å²) in [5, 5.41) is 16.1. The molecular weight excluding hydrogens is 1650 g/mol. The SMILES string of the molecule is c1ccc(-c2nc(-c3ccc4ccccc4c3)c3ccc(-c4ccc(-c5cccc6oc7ccccc7c56)cc4)cc3n2)cc1.c1ccc(-c2nc(-c3cccc4ccccc34)nc3ccc(-c4ccc(-c5cccc6oc7ccccc7c56)cc4)cc23)cc1.c1ccc2cc(-c3ccc(-c4nc5ccccc5nc4-c4ccc(-c5cccc6oc7ccccc7c56)cc4)cc3)ccc2c1. The summed E-state index contributed by atoms with van der Waals surface area (Å²) in [5.74, 6) is 1.45. The van der Waals surface area contributed by atoms with Crippen molar-refractivity contribution in [2.24, 2.45) is 0 Å². The standard InChI is InChI=1S/3C42H26N2O/c1-2-9-32-26-33(25-18-27(32)8-1)28-16-21-30(22-17-28)41-42(44-37-13-5-4-12-36(37)43-41)31-23-19-29(20-24-31)34-11-7-15-39-40(34)35-10-3-6-14-38(35)45-39;1-2-11-30(12-3-1)41-36-26-31(24-25-37(36)43-42(44-41)34-17-8-13-28-10-4-5-14-32(28)34)27-20-22-29(23-21-27)33-16-9-19-39-40(33)35-15-6-7-18-38(35)45-39;1-2-10-30(11-3-1)42-43-37-26-32(23-24-35(37)41(44-42)33-22-19-27-9-4-5-12-31(27)25-33)28-17-20-29(21-18-28)34-14-8-16-39-40(34)36-13-6-7-15-38(36)45-39/h3*1-26H. The third-order valence-corrected chi connectivity index (χ3v) is 26.1. The van der Waals surface area contributed by atoms with Crippen LogP contribution in [0.15, 0.2) is 486 Å². The molecule has 0 aliphatic rings. The third-order valence-electron chi connectivity index (χ3n) is 26.1. The summed E-state index contributed by atoms with van der Waals surface area (Å²) in [4.78, 5) is 30.8. The highest BCUT2D eigenvalue weighted by Crippen LogP contribution is 2.45. The van der Waals surface area contributed by atoms with Crippen molar-refractivity contribution in [2.75, 3.05) is 0 Å². The minimum Gasteiger partial charge on any atom is -0.456 e. The van der Waals surface area contributed by atoms with E-state index in [0.717, 1.165) is 216 Å². The minimum absolute atomic E-state index is 0.721. The Morgan fingerprint density at radius 3 is 0.985 bits per heavy atom. The quantitative estimate of drug-likeness (QED) is 0.118. The maximum Gasteiger partial charge on any atom is 0.161 e. The van der Waals surface area contributed by atoms with Gasteiger partial charge < -0.3 is 13.3 Å². The molecule has 0 aliphatic carbocycles. The highest BCUT2D eigenvalue weighted by atomic mass is 16.3. The molecule has 21 aromatic carbocycles. The number of benzene rings is 21. The second-order valence-corrected chi connectivity index (χ2v) is 34.2. The fourth-order valence-corrected chi connectivity index (χ4v) is 19.4. The number of aromatic nitrogens is 6. The van der Waals surface area contributed by atoms with Crippen LogP contribution in [-0.4, -0.2) is 29.9 Å². The van der Waals surface area contributed by atoms with Gasteiger partial charge in [0, 0.05) is 76.5 Å². The first kappa shape index (κ1) is 79.0. The molecule has 9 heteroatoms. The summed E-state index contributed by atoms with van der Waals surface area (Å²) < 4.78 is 18.4. The normalized spacial score (nSPS) is 11.6. The van der Waals surface area contributed by atoms with E-state index in [4.69, 9.17) is 43.2 Å². The number of hydrogen-bond donors (Lipinski definition) is 0. The molecule has 0 bridgehead atoms. The zero-order chi connectivity index (χ0) is 89.2. The van der Waals surface area contributed by atoms with Crippen LogP contribution in [-0.2, 0) is 0 Å². The van der Waals surface area contributed by atoms with Crippen molar-refractivity contribution in [3.63, 3.8) is 0 Å². The van der Waals surface area contributed by atoms with E-state index in [1.54, 1.807) is 0 Å². The molecule has 27 rings (SSSR count). The van der Waals surface area contributed by atoms with Gasteiger partial charge in [0.25, 0.3) is 0 Å². The van der Waals surface area contributed by atoms with E-state index in [-0.39, 0.29) is 0 Å². The van der Waals surface area contributed by atoms with Gasteiger partial charge in [-0.15, -0.1) is 0 Å². The Balaban J connectivity index is 0.000000108. The molecule has 0 amide bonds. The van der Waals surface area contributed by atoms with Crippen LogP contribution in [0.5, 0.6) is 0 Å². The van der Waals surface area contributed by atoms with Gasteiger partial charge in [-0.2, -0.15) is 0 Å². The second-order valence-electron chi connectivity index (χ2n) is 34.2. The van der Waals surface area contributed by atoms with Crippen LogP contribution in [0, 0.1) is 0 Å². The van der Waals surface area contributed by atoms with E-state index < -0.39 is 0 Å². The molecule has 9 nitrogen and oxygen atoms in total. The van der Waals surface area contributed by atoms with Crippen molar-refractivity contribution < 1.29 is 13.3 Å². The van der Waals surface area contributed by atoms with Gasteiger partial charge in [0.1, 0.15) is 33.5 Å². The predicted molar refractivity (Wildman–Crippen MR) is 558 cm³/mol. The molecule has 0 radical (unpaired) electrons. The highest BCUT2D eigenvalue weighted by molar-refractivity contribution is 6.16. The Hall–Kier alpha value is -18.2. The molecular formula is C126H78N6O3. The molecule has 135 heavy (non-hydrogen) atoms. The molecule has 0 unspecified atom stereocenters.